The van der Waals surface area contributed by atoms with Crippen molar-refractivity contribution in [2.45, 2.75) is 196 Å². The molecule has 1 N–H and O–H groups in total. The molecule has 0 fully saturated rings. The van der Waals surface area contributed by atoms with Crippen LogP contribution in [-0.2, 0) is 43.3 Å². The average Bonchev–Trinajstić information content (AvgIpc) is 1.57. The molecule has 16 aromatic rings. The van der Waals surface area contributed by atoms with Crippen LogP contribution in [0.2, 0.25) is 5.02 Å². The average molecular weight is 1710 g/mol. The van der Waals surface area contributed by atoms with Crippen molar-refractivity contribution in [1.82, 2.24) is 0 Å². The maximum atomic E-state index is 7.10. The summed E-state index contributed by atoms with van der Waals surface area (Å²) in [7, 11) is 0. The predicted molar refractivity (Wildman–Crippen MR) is 550 cm³/mol. The van der Waals surface area contributed by atoms with Crippen LogP contribution in [0.3, 0.4) is 0 Å². The number of fused-ring (bicyclic) bond motifs is 6. The van der Waals surface area contributed by atoms with Crippen molar-refractivity contribution in [3.05, 3.63) is 435 Å². The molecule has 2 heterocycles. The molecule has 0 bridgehead atoms. The molecule has 0 saturated carbocycles. The molecule has 652 valence electrons. The lowest BCUT2D eigenvalue weighted by Gasteiger charge is -2.33. The monoisotopic (exact) mass is 1710 g/mol. The first-order valence-electron chi connectivity index (χ1n) is 45.7. The van der Waals surface area contributed by atoms with Crippen LogP contribution >= 0.6 is 11.6 Å². The Hall–Kier alpha value is -12.9. The second-order valence-corrected chi connectivity index (χ2v) is 42.0. The molecule has 7 heteroatoms. The lowest BCUT2D eigenvalue weighted by Crippen LogP contribution is -2.20. The van der Waals surface area contributed by atoms with E-state index in [0.29, 0.717) is 0 Å². The summed E-state index contributed by atoms with van der Waals surface area (Å²) in [6.07, 6.45) is 0. The van der Waals surface area contributed by atoms with E-state index >= 15 is 0 Å². The Morgan fingerprint density at radius 3 is 1.06 bits per heavy atom. The molecule has 0 saturated heterocycles. The van der Waals surface area contributed by atoms with Crippen LogP contribution in [0, 0.1) is 13.8 Å². The van der Waals surface area contributed by atoms with E-state index in [4.69, 9.17) is 20.4 Å². The number of nitrogens with zero attached hydrogens (tertiary/aromatic N) is 3. The summed E-state index contributed by atoms with van der Waals surface area (Å²) in [6, 6.07) is 128. The van der Waals surface area contributed by atoms with Crippen LogP contribution < -0.4 is 20.0 Å². The van der Waals surface area contributed by atoms with Crippen molar-refractivity contribution in [1.29, 1.82) is 0 Å². The second-order valence-electron chi connectivity index (χ2n) is 41.6. The standard InChI is InChI=1S/C61H62N2O.C38H38ClN.C23H25NO/c1-41-35-49(39-50(36-41)63(47-32-29-43(30-33-47)58(2,3)4)56-40-54-57(64-56)51-27-18-19-28-53(51)61(54,10)11)62(48-26-20-25-46(37-48)60(8,9)44-23-16-13-17-24-44)55-34-31-45(59(5,6)7)38-52(55)42-21-14-12-15-22-42;1-27-22-32(39)26-34(23-27)40(33-19-13-18-31(24-33)38(5,6)29-16-11-8-12-17-29)36-21-20-30(37(2,3)4)25-35(36)28-14-9-7-10-15-28;1-22(2,3)15-10-12-16(13-11-15)24-20-14-19-21(25-20)17-8-6-7-9-18(17)23(19,4)5/h12-40H,1-11H3;7-26H,1-6H3;6-14,24H,1-5H3. The van der Waals surface area contributed by atoms with Crippen LogP contribution in [0.4, 0.5) is 63.0 Å². The zero-order valence-corrected chi connectivity index (χ0v) is 80.3. The van der Waals surface area contributed by atoms with Gasteiger partial charge in [-0.25, -0.2) is 0 Å². The zero-order valence-electron chi connectivity index (χ0n) is 79.5. The largest absolute Gasteiger partial charge is 0.440 e. The van der Waals surface area contributed by atoms with Gasteiger partial charge < -0.3 is 24.0 Å². The van der Waals surface area contributed by atoms with Gasteiger partial charge in [0.2, 0.25) is 5.88 Å². The topological polar surface area (TPSA) is 48.0 Å². The van der Waals surface area contributed by atoms with E-state index in [1.807, 2.05) is 6.07 Å². The molecule has 0 spiro atoms. The summed E-state index contributed by atoms with van der Waals surface area (Å²) < 4.78 is 13.3. The van der Waals surface area contributed by atoms with Crippen LogP contribution in [0.1, 0.15) is 216 Å². The molecule has 0 unspecified atom stereocenters. The minimum Gasteiger partial charge on any atom is -0.440 e. The molecule has 2 aromatic heterocycles. The van der Waals surface area contributed by atoms with Gasteiger partial charge in [-0.1, -0.05) is 381 Å². The van der Waals surface area contributed by atoms with Crippen molar-refractivity contribution in [2.24, 2.45) is 0 Å². The summed E-state index contributed by atoms with van der Waals surface area (Å²) in [5.41, 5.74) is 34.0. The highest BCUT2D eigenvalue weighted by Crippen LogP contribution is 2.56. The van der Waals surface area contributed by atoms with E-state index in [0.717, 1.165) is 90.6 Å². The van der Waals surface area contributed by atoms with E-state index < -0.39 is 0 Å². The van der Waals surface area contributed by atoms with Gasteiger partial charge >= 0.3 is 0 Å². The molecule has 2 aliphatic rings. The summed E-state index contributed by atoms with van der Waals surface area (Å²) in [5, 5.41) is 4.14. The summed E-state index contributed by atoms with van der Waals surface area (Å²) in [4.78, 5) is 7.14. The summed E-state index contributed by atoms with van der Waals surface area (Å²) >= 11 is 6.67. The van der Waals surface area contributed by atoms with E-state index in [2.05, 4.69) is 518 Å². The molecule has 2 aliphatic carbocycles. The highest BCUT2D eigenvalue weighted by molar-refractivity contribution is 6.31. The molecule has 0 aliphatic heterocycles. The maximum Gasteiger partial charge on any atom is 0.205 e. The third-order valence-corrected chi connectivity index (χ3v) is 26.8. The zero-order chi connectivity index (χ0) is 91.5. The molecular formula is C122H125ClN4O2. The molecule has 6 nitrogen and oxygen atoms in total. The van der Waals surface area contributed by atoms with E-state index in [9.17, 15) is 0 Å². The van der Waals surface area contributed by atoms with E-state index in [1.165, 1.54) is 100 Å². The van der Waals surface area contributed by atoms with Crippen LogP contribution in [0.15, 0.2) is 361 Å². The van der Waals surface area contributed by atoms with Crippen molar-refractivity contribution < 1.29 is 8.83 Å². The molecule has 14 aromatic carbocycles. The fraction of sp³-hybridized carbons (Fsp3) is 0.246. The number of rotatable bonds is 17. The van der Waals surface area contributed by atoms with Gasteiger partial charge in [-0.2, -0.15) is 0 Å². The first kappa shape index (κ1) is 89.5. The fourth-order valence-electron chi connectivity index (χ4n) is 18.6. The highest BCUT2D eigenvalue weighted by Gasteiger charge is 2.42. The van der Waals surface area contributed by atoms with E-state index in [-0.39, 0.29) is 43.3 Å². The Labute approximate surface area is 773 Å². The van der Waals surface area contributed by atoms with Gasteiger partial charge in [-0.15, -0.1) is 0 Å². The van der Waals surface area contributed by atoms with Gasteiger partial charge in [0, 0.05) is 106 Å². The van der Waals surface area contributed by atoms with Gasteiger partial charge in [0.05, 0.1) is 17.1 Å². The Balaban J connectivity index is 0.000000159. The third kappa shape index (κ3) is 18.4. The SMILES string of the molecule is CC(C)(C)c1ccc(Nc2cc3c(o2)-c2ccccc2C3(C)C)cc1.Cc1cc(Cl)cc(N(c2cccc(C(C)(C)c3ccccc3)c2)c2ccc(C(C)(C)C)cc2-c2ccccc2)c1.Cc1cc(N(c2ccc(C(C)(C)C)cc2)c2cc3c(o2)-c2ccccc2C3(C)C)cc(N(c2cccc(C(C)(C)c3ccccc3)c2)c2ccc(C(C)(C)C)cc2-c2ccccc2)c1. The summed E-state index contributed by atoms with van der Waals surface area (Å²) in [5.74, 6) is 3.54. The Morgan fingerprint density at radius 1 is 0.264 bits per heavy atom. The number of anilines is 11. The molecular weight excluding hydrogens is 1590 g/mol. The van der Waals surface area contributed by atoms with Gasteiger partial charge in [-0.05, 0) is 223 Å². The first-order chi connectivity index (χ1) is 61.2. The second kappa shape index (κ2) is 35.0. The van der Waals surface area contributed by atoms with Crippen molar-refractivity contribution >= 4 is 74.6 Å². The van der Waals surface area contributed by atoms with Crippen LogP contribution in [0.5, 0.6) is 0 Å². The minimum absolute atomic E-state index is 0.0164. The van der Waals surface area contributed by atoms with E-state index in [1.54, 1.807) is 0 Å². The summed E-state index contributed by atoms with van der Waals surface area (Å²) in [6.45, 7) is 49.9. The number of nitrogens with one attached hydrogen (secondary N) is 1. The smallest absolute Gasteiger partial charge is 0.205 e. The van der Waals surface area contributed by atoms with Crippen molar-refractivity contribution in [2.75, 3.05) is 20.0 Å². The van der Waals surface area contributed by atoms with Gasteiger partial charge in [0.25, 0.3) is 0 Å². The lowest BCUT2D eigenvalue weighted by molar-refractivity contribution is 0.584. The normalized spacial score (nSPS) is 13.2. The fourth-order valence-corrected chi connectivity index (χ4v) is 18.9. The van der Waals surface area contributed by atoms with Gasteiger partial charge in [-0.3, -0.25) is 4.90 Å². The minimum atomic E-state index is -0.235. The number of aryl methyl sites for hydroxylation is 2. The maximum absolute atomic E-state index is 7.10. The number of hydrogen-bond donors (Lipinski definition) is 1. The molecule has 0 atom stereocenters. The number of furan rings is 2. The van der Waals surface area contributed by atoms with Crippen LogP contribution in [0.25, 0.3) is 44.9 Å². The number of hydrogen-bond acceptors (Lipinski definition) is 6. The third-order valence-electron chi connectivity index (χ3n) is 26.6. The van der Waals surface area contributed by atoms with Gasteiger partial charge in [0.15, 0.2) is 5.88 Å². The highest BCUT2D eigenvalue weighted by atomic mass is 35.5. The molecule has 0 amide bonds. The predicted octanol–water partition coefficient (Wildman–Crippen LogP) is 35.5. The quantitative estimate of drug-likeness (QED) is 0.0980. The van der Waals surface area contributed by atoms with Crippen molar-refractivity contribution in [3.63, 3.8) is 0 Å². The van der Waals surface area contributed by atoms with Crippen molar-refractivity contribution in [3.8, 4) is 44.9 Å². The Kier molecular flexibility index (Phi) is 24.3. The number of halogens is 1. The first-order valence-corrected chi connectivity index (χ1v) is 46.1. The Bertz CT molecular complexity index is 6680. The lowest BCUT2D eigenvalue weighted by atomic mass is 9.78. The molecule has 18 rings (SSSR count). The Morgan fingerprint density at radius 2 is 0.628 bits per heavy atom. The van der Waals surface area contributed by atoms with Crippen LogP contribution in [-0.4, -0.2) is 0 Å². The molecule has 129 heavy (non-hydrogen) atoms. The number of benzene rings is 14. The van der Waals surface area contributed by atoms with Gasteiger partial charge in [0.1, 0.15) is 11.5 Å². The molecule has 0 radical (unpaired) electrons.